The number of aryl methyl sites for hydroxylation is 2. The van der Waals surface area contributed by atoms with E-state index in [1.54, 1.807) is 0 Å². The monoisotopic (exact) mass is 488 g/mol. The number of anilines is 1. The molecule has 0 spiro atoms. The van der Waals surface area contributed by atoms with E-state index in [-0.39, 0.29) is 6.04 Å². The molecule has 1 aliphatic rings. The second-order valence-electron chi connectivity index (χ2n) is 9.29. The van der Waals surface area contributed by atoms with Gasteiger partial charge in [-0.1, -0.05) is 102 Å². The number of nitrogens with zero attached hydrogens (tertiary/aromatic N) is 4. The number of aromatic nitrogens is 2. The van der Waals surface area contributed by atoms with Crippen molar-refractivity contribution in [1.29, 1.82) is 0 Å². The lowest BCUT2D eigenvalue weighted by Crippen LogP contribution is -2.21. The summed E-state index contributed by atoms with van der Waals surface area (Å²) in [6, 6.07) is 33.1. The largest absolute Gasteiger partial charge is 0.247 e. The van der Waals surface area contributed by atoms with E-state index in [4.69, 9.17) is 26.7 Å². The first kappa shape index (κ1) is 22.4. The molecule has 4 aromatic carbocycles. The standard InChI is InChI=1S/C31H25ClN4/c1-20-8-12-22(13-9-20)28-19-29(23-14-10-21(2)11-15-23)36(35-28)31-33-27-17-16-25(32)18-26(27)30(34-31)24-6-4-3-5-7-24/h3-18,29H,19H2,1-2H3. The molecule has 0 N–H and O–H groups in total. The van der Waals surface area contributed by atoms with Crippen LogP contribution in [0.15, 0.2) is 102 Å². The van der Waals surface area contributed by atoms with Crippen LogP contribution in [0.25, 0.3) is 22.2 Å². The van der Waals surface area contributed by atoms with Gasteiger partial charge < -0.3 is 0 Å². The Labute approximate surface area is 215 Å². The van der Waals surface area contributed by atoms with E-state index in [0.717, 1.165) is 39.9 Å². The van der Waals surface area contributed by atoms with Gasteiger partial charge in [-0.15, -0.1) is 0 Å². The minimum atomic E-state index is -0.00437. The summed E-state index contributed by atoms with van der Waals surface area (Å²) in [6.07, 6.45) is 0.773. The van der Waals surface area contributed by atoms with E-state index in [2.05, 4.69) is 74.5 Å². The minimum Gasteiger partial charge on any atom is -0.223 e. The summed E-state index contributed by atoms with van der Waals surface area (Å²) in [5, 5.41) is 8.67. The van der Waals surface area contributed by atoms with Crippen LogP contribution in [0.1, 0.15) is 34.7 Å². The van der Waals surface area contributed by atoms with Gasteiger partial charge in [0.25, 0.3) is 0 Å². The Morgan fingerprint density at radius 3 is 2.17 bits per heavy atom. The molecule has 0 radical (unpaired) electrons. The van der Waals surface area contributed by atoms with E-state index in [1.165, 1.54) is 16.7 Å². The zero-order valence-corrected chi connectivity index (χ0v) is 20.9. The molecule has 0 saturated carbocycles. The lowest BCUT2D eigenvalue weighted by molar-refractivity contribution is 0.689. The van der Waals surface area contributed by atoms with Crippen molar-refractivity contribution in [3.63, 3.8) is 0 Å². The topological polar surface area (TPSA) is 41.4 Å². The Kier molecular flexibility index (Phi) is 5.74. The van der Waals surface area contributed by atoms with Gasteiger partial charge in [-0.05, 0) is 43.2 Å². The molecule has 0 saturated heterocycles. The highest BCUT2D eigenvalue weighted by atomic mass is 35.5. The van der Waals surface area contributed by atoms with Crippen LogP contribution in [0.2, 0.25) is 5.02 Å². The number of fused-ring (bicyclic) bond motifs is 1. The van der Waals surface area contributed by atoms with Crippen LogP contribution in [-0.4, -0.2) is 15.7 Å². The molecular formula is C31H25ClN4. The lowest BCUT2D eigenvalue weighted by Gasteiger charge is -2.23. The molecule has 0 fully saturated rings. The van der Waals surface area contributed by atoms with Gasteiger partial charge in [0.1, 0.15) is 0 Å². The molecule has 4 nitrogen and oxygen atoms in total. The van der Waals surface area contributed by atoms with Gasteiger partial charge in [0.05, 0.1) is 23.0 Å². The summed E-state index contributed by atoms with van der Waals surface area (Å²) >= 11 is 6.37. The first-order chi connectivity index (χ1) is 17.5. The summed E-state index contributed by atoms with van der Waals surface area (Å²) in [4.78, 5) is 10.0. The van der Waals surface area contributed by atoms with Gasteiger partial charge in [-0.3, -0.25) is 0 Å². The van der Waals surface area contributed by atoms with Gasteiger partial charge in [0.15, 0.2) is 0 Å². The fourth-order valence-electron chi connectivity index (χ4n) is 4.67. The van der Waals surface area contributed by atoms with E-state index in [1.807, 2.05) is 41.4 Å². The van der Waals surface area contributed by atoms with E-state index >= 15 is 0 Å². The second-order valence-corrected chi connectivity index (χ2v) is 9.72. The Morgan fingerprint density at radius 2 is 1.44 bits per heavy atom. The molecule has 1 atom stereocenters. The number of hydrogen-bond acceptors (Lipinski definition) is 4. The van der Waals surface area contributed by atoms with Crippen molar-refractivity contribution in [3.8, 4) is 11.3 Å². The number of hydrazone groups is 1. The zero-order valence-electron chi connectivity index (χ0n) is 20.2. The molecule has 0 aliphatic carbocycles. The summed E-state index contributed by atoms with van der Waals surface area (Å²) in [7, 11) is 0. The van der Waals surface area contributed by atoms with E-state index < -0.39 is 0 Å². The van der Waals surface area contributed by atoms with Crippen molar-refractivity contribution < 1.29 is 0 Å². The SMILES string of the molecule is Cc1ccc(C2=NN(c3nc(-c4ccccc4)c4cc(Cl)ccc4n3)C(c3ccc(C)cc3)C2)cc1. The average molecular weight is 489 g/mol. The molecule has 5 heteroatoms. The predicted octanol–water partition coefficient (Wildman–Crippen LogP) is 7.92. The molecule has 1 aromatic heterocycles. The lowest BCUT2D eigenvalue weighted by atomic mass is 9.97. The summed E-state index contributed by atoms with van der Waals surface area (Å²) in [6.45, 7) is 4.20. The molecule has 6 rings (SSSR count). The number of hydrogen-bond donors (Lipinski definition) is 0. The van der Waals surface area contributed by atoms with Crippen LogP contribution in [0.4, 0.5) is 5.95 Å². The van der Waals surface area contributed by atoms with Crippen molar-refractivity contribution in [2.75, 3.05) is 5.01 Å². The summed E-state index contributed by atoms with van der Waals surface area (Å²) in [5.74, 6) is 0.580. The van der Waals surface area contributed by atoms with Gasteiger partial charge in [-0.2, -0.15) is 5.10 Å². The van der Waals surface area contributed by atoms with Crippen LogP contribution in [0, 0.1) is 13.8 Å². The highest BCUT2D eigenvalue weighted by Crippen LogP contribution is 2.38. The quantitative estimate of drug-likeness (QED) is 0.258. The van der Waals surface area contributed by atoms with Gasteiger partial charge in [-0.25, -0.2) is 15.0 Å². The molecule has 0 amide bonds. The second kappa shape index (κ2) is 9.21. The maximum Gasteiger partial charge on any atom is 0.247 e. The first-order valence-corrected chi connectivity index (χ1v) is 12.5. The average Bonchev–Trinajstić information content (AvgIpc) is 3.35. The summed E-state index contributed by atoms with van der Waals surface area (Å²) in [5.41, 5.74) is 8.50. The normalized spacial score (nSPS) is 15.4. The van der Waals surface area contributed by atoms with E-state index in [0.29, 0.717) is 11.0 Å². The van der Waals surface area contributed by atoms with Crippen LogP contribution in [0.5, 0.6) is 0 Å². The first-order valence-electron chi connectivity index (χ1n) is 12.1. The van der Waals surface area contributed by atoms with Gasteiger partial charge in [0.2, 0.25) is 5.95 Å². The van der Waals surface area contributed by atoms with Crippen LogP contribution in [0.3, 0.4) is 0 Å². The van der Waals surface area contributed by atoms with Crippen molar-refractivity contribution in [2.24, 2.45) is 5.10 Å². The Balaban J connectivity index is 1.53. The maximum atomic E-state index is 6.37. The molecule has 176 valence electrons. The van der Waals surface area contributed by atoms with Crippen LogP contribution < -0.4 is 5.01 Å². The highest BCUT2D eigenvalue weighted by molar-refractivity contribution is 6.31. The minimum absolute atomic E-state index is 0.00437. The predicted molar refractivity (Wildman–Crippen MR) is 149 cm³/mol. The van der Waals surface area contributed by atoms with Crippen molar-refractivity contribution in [1.82, 2.24) is 9.97 Å². The molecule has 36 heavy (non-hydrogen) atoms. The van der Waals surface area contributed by atoms with Gasteiger partial charge >= 0.3 is 0 Å². The maximum absolute atomic E-state index is 6.37. The van der Waals surface area contributed by atoms with Gasteiger partial charge in [0, 0.05) is 22.4 Å². The van der Waals surface area contributed by atoms with Crippen LogP contribution in [-0.2, 0) is 0 Å². The third-order valence-corrected chi connectivity index (χ3v) is 6.89. The molecule has 2 heterocycles. The van der Waals surface area contributed by atoms with Crippen molar-refractivity contribution >= 4 is 34.2 Å². The molecule has 1 aliphatic heterocycles. The molecule has 0 bridgehead atoms. The Hall–Kier alpha value is -4.02. The fraction of sp³-hybridized carbons (Fsp3) is 0.129. The Bertz CT molecular complexity index is 1580. The smallest absolute Gasteiger partial charge is 0.223 e. The molecule has 1 unspecified atom stereocenters. The zero-order chi connectivity index (χ0) is 24.6. The molecular weight excluding hydrogens is 464 g/mol. The highest BCUT2D eigenvalue weighted by Gasteiger charge is 2.32. The molecule has 5 aromatic rings. The van der Waals surface area contributed by atoms with Crippen molar-refractivity contribution in [3.05, 3.63) is 124 Å². The Morgan fingerprint density at radius 1 is 0.750 bits per heavy atom. The third-order valence-electron chi connectivity index (χ3n) is 6.66. The number of benzene rings is 4. The van der Waals surface area contributed by atoms with Crippen LogP contribution >= 0.6 is 11.6 Å². The third kappa shape index (κ3) is 4.25. The van der Waals surface area contributed by atoms with Crippen molar-refractivity contribution in [2.45, 2.75) is 26.3 Å². The number of halogens is 1. The van der Waals surface area contributed by atoms with E-state index in [9.17, 15) is 0 Å². The summed E-state index contributed by atoms with van der Waals surface area (Å²) < 4.78 is 0. The number of rotatable bonds is 4. The fourth-order valence-corrected chi connectivity index (χ4v) is 4.84.